The summed E-state index contributed by atoms with van der Waals surface area (Å²) in [5, 5.41) is 3.52. The van der Waals surface area contributed by atoms with Gasteiger partial charge in [0.2, 0.25) is 0 Å². The Labute approximate surface area is 123 Å². The molecule has 0 radical (unpaired) electrons. The Morgan fingerprint density at radius 2 is 2.00 bits per heavy atom. The Hall–Kier alpha value is -0.410. The molecule has 0 amide bonds. The lowest BCUT2D eigenvalue weighted by Gasteiger charge is -2.20. The standard InChI is InChI=1S/C16H21BrFN/c1-2-19-16(12-8-5-9-13(17)15(12)18)14-10-6-3-4-7-11(10)14/h5,8-11,14,16,19H,2-4,6-7H2,1H3. The molecule has 19 heavy (non-hydrogen) atoms. The SMILES string of the molecule is CCNC(c1cccc(Br)c1F)C1C2CCCCC21. The fourth-order valence-corrected chi connectivity index (χ4v) is 4.36. The predicted molar refractivity (Wildman–Crippen MR) is 79.5 cm³/mol. The van der Waals surface area contributed by atoms with Crippen molar-refractivity contribution >= 4 is 15.9 Å². The van der Waals surface area contributed by atoms with E-state index in [0.717, 1.165) is 23.9 Å². The lowest BCUT2D eigenvalue weighted by molar-refractivity contribution is 0.435. The summed E-state index contributed by atoms with van der Waals surface area (Å²) in [6, 6.07) is 5.86. The molecule has 0 aromatic heterocycles. The molecule has 3 rings (SSSR count). The maximum atomic E-state index is 14.4. The average Bonchev–Trinajstić information content (AvgIpc) is 3.14. The highest BCUT2D eigenvalue weighted by Gasteiger charge is 2.54. The fraction of sp³-hybridized carbons (Fsp3) is 0.625. The molecule has 0 aliphatic heterocycles. The minimum absolute atomic E-state index is 0.0860. The van der Waals surface area contributed by atoms with E-state index in [-0.39, 0.29) is 11.9 Å². The minimum Gasteiger partial charge on any atom is -0.310 e. The van der Waals surface area contributed by atoms with Crippen molar-refractivity contribution in [2.24, 2.45) is 17.8 Å². The second-order valence-electron chi connectivity index (χ2n) is 5.87. The Bertz CT molecular complexity index is 450. The molecular formula is C16H21BrFN. The maximum absolute atomic E-state index is 14.4. The second kappa shape index (κ2) is 5.53. The number of nitrogens with one attached hydrogen (secondary N) is 1. The van der Waals surface area contributed by atoms with Crippen LogP contribution < -0.4 is 5.32 Å². The Balaban J connectivity index is 1.87. The average molecular weight is 326 g/mol. The van der Waals surface area contributed by atoms with Gasteiger partial charge in [0.05, 0.1) is 4.47 Å². The summed E-state index contributed by atoms with van der Waals surface area (Å²) in [5.41, 5.74) is 0.843. The number of benzene rings is 1. The zero-order valence-corrected chi connectivity index (χ0v) is 12.9. The van der Waals surface area contributed by atoms with Crippen LogP contribution >= 0.6 is 15.9 Å². The summed E-state index contributed by atoms with van der Waals surface area (Å²) >= 11 is 3.31. The first-order chi connectivity index (χ1) is 9.24. The molecule has 2 aliphatic rings. The molecule has 2 fully saturated rings. The molecular weight excluding hydrogens is 305 g/mol. The van der Waals surface area contributed by atoms with Crippen molar-refractivity contribution in [1.29, 1.82) is 0 Å². The van der Waals surface area contributed by atoms with E-state index in [0.29, 0.717) is 10.4 Å². The first kappa shape index (κ1) is 13.6. The molecule has 1 nitrogen and oxygen atoms in total. The molecule has 1 aromatic rings. The molecule has 2 aliphatic carbocycles. The van der Waals surface area contributed by atoms with Gasteiger partial charge in [0, 0.05) is 11.6 Å². The van der Waals surface area contributed by atoms with Crippen LogP contribution in [0.25, 0.3) is 0 Å². The van der Waals surface area contributed by atoms with Gasteiger partial charge in [-0.2, -0.15) is 0 Å². The molecule has 104 valence electrons. The molecule has 0 saturated heterocycles. The van der Waals surface area contributed by atoms with E-state index in [4.69, 9.17) is 0 Å². The molecule has 1 N–H and O–H groups in total. The molecule has 0 spiro atoms. The molecule has 3 heteroatoms. The van der Waals surface area contributed by atoms with Gasteiger partial charge in [-0.1, -0.05) is 31.9 Å². The van der Waals surface area contributed by atoms with Gasteiger partial charge in [0.25, 0.3) is 0 Å². The second-order valence-corrected chi connectivity index (χ2v) is 6.72. The Morgan fingerprint density at radius 3 is 2.63 bits per heavy atom. The van der Waals surface area contributed by atoms with Gasteiger partial charge in [-0.3, -0.25) is 0 Å². The summed E-state index contributed by atoms with van der Waals surface area (Å²) in [6.07, 6.45) is 5.40. The summed E-state index contributed by atoms with van der Waals surface area (Å²) in [4.78, 5) is 0. The van der Waals surface area contributed by atoms with Crippen molar-refractivity contribution in [3.05, 3.63) is 34.1 Å². The monoisotopic (exact) mass is 325 g/mol. The van der Waals surface area contributed by atoms with Crippen LogP contribution in [0, 0.1) is 23.6 Å². The van der Waals surface area contributed by atoms with Gasteiger partial charge in [0.15, 0.2) is 0 Å². The van der Waals surface area contributed by atoms with Gasteiger partial charge >= 0.3 is 0 Å². The summed E-state index contributed by atoms with van der Waals surface area (Å²) in [5.74, 6) is 2.22. The van der Waals surface area contributed by atoms with E-state index < -0.39 is 0 Å². The van der Waals surface area contributed by atoms with E-state index >= 15 is 0 Å². The van der Waals surface area contributed by atoms with Crippen molar-refractivity contribution in [2.75, 3.05) is 6.54 Å². The number of rotatable bonds is 4. The van der Waals surface area contributed by atoms with Gasteiger partial charge in [0.1, 0.15) is 5.82 Å². The molecule has 3 atom stereocenters. The smallest absolute Gasteiger partial charge is 0.142 e. The number of hydrogen-bond acceptors (Lipinski definition) is 1. The number of halogens is 2. The number of fused-ring (bicyclic) bond motifs is 1. The van der Waals surface area contributed by atoms with Gasteiger partial charge in [-0.25, -0.2) is 4.39 Å². The van der Waals surface area contributed by atoms with Crippen LogP contribution in [0.15, 0.2) is 22.7 Å². The van der Waals surface area contributed by atoms with Crippen LogP contribution in [0.4, 0.5) is 4.39 Å². The molecule has 2 saturated carbocycles. The summed E-state index contributed by atoms with van der Waals surface area (Å²) < 4.78 is 14.9. The predicted octanol–water partition coefficient (Wildman–Crippen LogP) is 4.68. The summed E-state index contributed by atoms with van der Waals surface area (Å²) in [7, 11) is 0. The fourth-order valence-electron chi connectivity index (χ4n) is 3.98. The van der Waals surface area contributed by atoms with Crippen LogP contribution in [-0.2, 0) is 0 Å². The first-order valence-electron chi connectivity index (χ1n) is 7.41. The van der Waals surface area contributed by atoms with Crippen molar-refractivity contribution in [2.45, 2.75) is 38.6 Å². The summed E-state index contributed by atoms with van der Waals surface area (Å²) in [6.45, 7) is 3.00. The van der Waals surface area contributed by atoms with Crippen molar-refractivity contribution < 1.29 is 4.39 Å². The molecule has 0 heterocycles. The first-order valence-corrected chi connectivity index (χ1v) is 8.20. The zero-order valence-electron chi connectivity index (χ0n) is 11.3. The highest BCUT2D eigenvalue weighted by molar-refractivity contribution is 9.10. The van der Waals surface area contributed by atoms with E-state index in [1.165, 1.54) is 25.7 Å². The van der Waals surface area contributed by atoms with Crippen LogP contribution in [0.1, 0.15) is 44.2 Å². The minimum atomic E-state index is -0.0860. The van der Waals surface area contributed by atoms with E-state index in [2.05, 4.69) is 28.2 Å². The van der Waals surface area contributed by atoms with Gasteiger partial charge in [-0.15, -0.1) is 0 Å². The van der Waals surface area contributed by atoms with Crippen molar-refractivity contribution in [3.8, 4) is 0 Å². The van der Waals surface area contributed by atoms with Crippen LogP contribution in [0.2, 0.25) is 0 Å². The third kappa shape index (κ3) is 2.47. The zero-order chi connectivity index (χ0) is 13.4. The van der Waals surface area contributed by atoms with E-state index in [1.807, 2.05) is 12.1 Å². The topological polar surface area (TPSA) is 12.0 Å². The lowest BCUT2D eigenvalue weighted by Crippen LogP contribution is -2.25. The van der Waals surface area contributed by atoms with Gasteiger partial charge < -0.3 is 5.32 Å². The normalized spacial score (nSPS) is 30.8. The highest BCUT2D eigenvalue weighted by atomic mass is 79.9. The van der Waals surface area contributed by atoms with Gasteiger partial charge in [-0.05, 0) is 59.1 Å². The van der Waals surface area contributed by atoms with E-state index in [1.54, 1.807) is 6.07 Å². The van der Waals surface area contributed by atoms with Crippen LogP contribution in [-0.4, -0.2) is 6.54 Å². The lowest BCUT2D eigenvalue weighted by atomic mass is 9.99. The maximum Gasteiger partial charge on any atom is 0.142 e. The number of hydrogen-bond donors (Lipinski definition) is 1. The van der Waals surface area contributed by atoms with E-state index in [9.17, 15) is 4.39 Å². The Kier molecular flexibility index (Phi) is 3.95. The van der Waals surface area contributed by atoms with Crippen LogP contribution in [0.3, 0.4) is 0 Å². The highest BCUT2D eigenvalue weighted by Crippen LogP contribution is 2.60. The quantitative estimate of drug-likeness (QED) is 0.847. The Morgan fingerprint density at radius 1 is 1.32 bits per heavy atom. The largest absolute Gasteiger partial charge is 0.310 e. The molecule has 0 bridgehead atoms. The third-order valence-corrected chi connectivity index (χ3v) is 5.46. The molecule has 3 unspecified atom stereocenters. The van der Waals surface area contributed by atoms with Crippen molar-refractivity contribution in [3.63, 3.8) is 0 Å². The van der Waals surface area contributed by atoms with Crippen molar-refractivity contribution in [1.82, 2.24) is 5.32 Å². The third-order valence-electron chi connectivity index (χ3n) is 4.85. The molecule has 1 aromatic carbocycles. The van der Waals surface area contributed by atoms with Crippen LogP contribution in [0.5, 0.6) is 0 Å².